The number of carbonyl (C=O) groups is 2. The summed E-state index contributed by atoms with van der Waals surface area (Å²) in [5.74, 6) is -0.138. The highest BCUT2D eigenvalue weighted by atomic mass is 35.5. The van der Waals surface area contributed by atoms with Gasteiger partial charge in [-0.15, -0.1) is 0 Å². The van der Waals surface area contributed by atoms with Gasteiger partial charge in [0, 0.05) is 33.5 Å². The highest BCUT2D eigenvalue weighted by Gasteiger charge is 2.38. The number of amides is 1. The third-order valence-corrected chi connectivity index (χ3v) is 6.27. The van der Waals surface area contributed by atoms with Crippen LogP contribution in [0.3, 0.4) is 0 Å². The summed E-state index contributed by atoms with van der Waals surface area (Å²) in [7, 11) is 1.31. The summed E-state index contributed by atoms with van der Waals surface area (Å²) < 4.78 is 12.6. The number of halogens is 1. The molecule has 35 heavy (non-hydrogen) atoms. The van der Waals surface area contributed by atoms with E-state index in [1.165, 1.54) is 12.0 Å². The third kappa shape index (κ3) is 4.49. The molecule has 6 nitrogen and oxygen atoms in total. The van der Waals surface area contributed by atoms with Gasteiger partial charge in [0.25, 0.3) is 5.91 Å². The molecular formula is C28H27ClN2O4. The zero-order valence-corrected chi connectivity index (χ0v) is 21.1. The maximum atomic E-state index is 13.6. The number of carbonyl (C=O) groups excluding carboxylic acids is 2. The Morgan fingerprint density at radius 2 is 1.74 bits per heavy atom. The summed E-state index contributed by atoms with van der Waals surface area (Å²) in [6.07, 6.45) is 1.76. The molecule has 0 N–H and O–H groups in total. The van der Waals surface area contributed by atoms with Crippen molar-refractivity contribution in [1.82, 2.24) is 4.57 Å². The molecule has 0 saturated carbocycles. The van der Waals surface area contributed by atoms with Crippen molar-refractivity contribution < 1.29 is 19.1 Å². The topological polar surface area (TPSA) is 60.8 Å². The molecule has 7 heteroatoms. The Morgan fingerprint density at radius 1 is 1.03 bits per heavy atom. The minimum atomic E-state index is -0.556. The van der Waals surface area contributed by atoms with Crippen LogP contribution in [-0.2, 0) is 14.3 Å². The normalized spacial score (nSPS) is 14.7. The molecule has 1 amide bonds. The number of hydrogen-bond donors (Lipinski definition) is 0. The van der Waals surface area contributed by atoms with Crippen molar-refractivity contribution in [1.29, 1.82) is 0 Å². The zero-order chi connectivity index (χ0) is 25.3. The molecule has 4 rings (SSSR count). The van der Waals surface area contributed by atoms with Crippen LogP contribution in [0.15, 0.2) is 71.4 Å². The number of rotatable bonds is 6. The van der Waals surface area contributed by atoms with Crippen molar-refractivity contribution in [2.45, 2.75) is 27.7 Å². The monoisotopic (exact) mass is 490 g/mol. The minimum Gasteiger partial charge on any atom is -0.494 e. The van der Waals surface area contributed by atoms with Crippen molar-refractivity contribution >= 4 is 35.2 Å². The summed E-state index contributed by atoms with van der Waals surface area (Å²) in [4.78, 5) is 27.9. The number of anilines is 1. The Hall–Kier alpha value is -3.77. The highest BCUT2D eigenvalue weighted by molar-refractivity contribution is 6.30. The average Bonchev–Trinajstić information content (AvgIpc) is 3.25. The number of aryl methyl sites for hydroxylation is 1. The van der Waals surface area contributed by atoms with Crippen molar-refractivity contribution in [2.75, 3.05) is 18.6 Å². The molecule has 0 atom stereocenters. The number of nitrogens with zero attached hydrogens (tertiary/aromatic N) is 2. The lowest BCUT2D eigenvalue weighted by Crippen LogP contribution is -2.24. The molecule has 0 radical (unpaired) electrons. The van der Waals surface area contributed by atoms with Gasteiger partial charge in [-0.1, -0.05) is 17.7 Å². The predicted molar refractivity (Wildman–Crippen MR) is 138 cm³/mol. The molecule has 3 aromatic rings. The van der Waals surface area contributed by atoms with E-state index in [0.29, 0.717) is 28.8 Å². The quantitative estimate of drug-likeness (QED) is 0.313. The number of esters is 1. The van der Waals surface area contributed by atoms with Crippen molar-refractivity contribution in [3.05, 3.63) is 93.4 Å². The maximum absolute atomic E-state index is 13.6. The molecule has 1 aromatic heterocycles. The van der Waals surface area contributed by atoms with Crippen LogP contribution in [0.1, 0.15) is 30.8 Å². The van der Waals surface area contributed by atoms with Crippen molar-refractivity contribution in [3.8, 4) is 11.4 Å². The fourth-order valence-corrected chi connectivity index (χ4v) is 4.64. The Balaban J connectivity index is 1.80. The molecule has 0 aliphatic carbocycles. The van der Waals surface area contributed by atoms with Crippen LogP contribution in [0.2, 0.25) is 5.02 Å². The van der Waals surface area contributed by atoms with Gasteiger partial charge in [-0.2, -0.15) is 0 Å². The minimum absolute atomic E-state index is 0.249. The van der Waals surface area contributed by atoms with Crippen molar-refractivity contribution in [2.24, 2.45) is 0 Å². The Bertz CT molecular complexity index is 1370. The molecule has 2 aromatic carbocycles. The van der Waals surface area contributed by atoms with Crippen LogP contribution >= 0.6 is 11.6 Å². The van der Waals surface area contributed by atoms with E-state index in [-0.39, 0.29) is 17.1 Å². The number of ether oxygens (including phenoxy) is 2. The first kappa shape index (κ1) is 24.4. The lowest BCUT2D eigenvalue weighted by Gasteiger charge is -2.18. The van der Waals surface area contributed by atoms with Crippen LogP contribution in [0, 0.1) is 13.8 Å². The summed E-state index contributed by atoms with van der Waals surface area (Å²) in [6, 6.07) is 16.8. The number of methoxy groups -OCH3 is 1. The van der Waals surface area contributed by atoms with E-state index >= 15 is 0 Å². The van der Waals surface area contributed by atoms with E-state index in [0.717, 1.165) is 22.6 Å². The molecule has 0 spiro atoms. The number of hydrogen-bond acceptors (Lipinski definition) is 4. The molecule has 1 aliphatic rings. The molecular weight excluding hydrogens is 464 g/mol. The van der Waals surface area contributed by atoms with Gasteiger partial charge in [-0.25, -0.2) is 4.79 Å². The lowest BCUT2D eigenvalue weighted by atomic mass is 10.0. The first-order valence-corrected chi connectivity index (χ1v) is 11.7. The fourth-order valence-electron chi connectivity index (χ4n) is 4.45. The van der Waals surface area contributed by atoms with Gasteiger partial charge in [-0.05, 0) is 87.9 Å². The van der Waals surface area contributed by atoms with E-state index in [4.69, 9.17) is 21.1 Å². The maximum Gasteiger partial charge on any atom is 0.340 e. The smallest absolute Gasteiger partial charge is 0.340 e. The average molecular weight is 491 g/mol. The van der Waals surface area contributed by atoms with Gasteiger partial charge in [0.05, 0.1) is 24.9 Å². The molecule has 1 aliphatic heterocycles. The summed E-state index contributed by atoms with van der Waals surface area (Å²) in [5.41, 5.74) is 5.34. The SMILES string of the molecule is CCOc1ccc(N2C(=O)/C(=C\c3cc(C)n(-c4cccc(Cl)c4)c3C)C(C(=O)OC)=C2C)cc1. The van der Waals surface area contributed by atoms with Crippen LogP contribution in [0.25, 0.3) is 11.8 Å². The van der Waals surface area contributed by atoms with Crippen molar-refractivity contribution in [3.63, 3.8) is 0 Å². The molecule has 0 saturated heterocycles. The molecule has 0 fully saturated rings. The second-order valence-corrected chi connectivity index (χ2v) is 8.66. The Kier molecular flexibility index (Phi) is 6.85. The van der Waals surface area contributed by atoms with E-state index in [2.05, 4.69) is 4.57 Å². The van der Waals surface area contributed by atoms with Gasteiger partial charge in [0.1, 0.15) is 5.75 Å². The predicted octanol–water partition coefficient (Wildman–Crippen LogP) is 6.02. The van der Waals surface area contributed by atoms with Gasteiger partial charge >= 0.3 is 5.97 Å². The fraction of sp³-hybridized carbons (Fsp3) is 0.214. The first-order chi connectivity index (χ1) is 16.8. The Morgan fingerprint density at radius 3 is 2.37 bits per heavy atom. The van der Waals surface area contributed by atoms with E-state index in [9.17, 15) is 9.59 Å². The lowest BCUT2D eigenvalue weighted by molar-refractivity contribution is -0.136. The van der Waals surface area contributed by atoms with Gasteiger partial charge in [0.2, 0.25) is 0 Å². The van der Waals surface area contributed by atoms with Crippen LogP contribution in [0.4, 0.5) is 5.69 Å². The van der Waals surface area contributed by atoms with E-state index in [1.807, 2.05) is 51.1 Å². The number of benzene rings is 2. The summed E-state index contributed by atoms with van der Waals surface area (Å²) in [5, 5.41) is 0.637. The number of allylic oxidation sites excluding steroid dienone is 1. The summed E-state index contributed by atoms with van der Waals surface area (Å²) >= 11 is 6.21. The van der Waals surface area contributed by atoms with Crippen LogP contribution in [0.5, 0.6) is 5.75 Å². The van der Waals surface area contributed by atoms with Crippen LogP contribution in [-0.4, -0.2) is 30.2 Å². The van der Waals surface area contributed by atoms with Gasteiger partial charge in [-0.3, -0.25) is 9.69 Å². The standard InChI is InChI=1S/C28H27ClN2O4/c1-6-35-24-12-10-22(11-13-24)31-19(4)26(28(33)34-5)25(27(31)32)15-20-14-17(2)30(18(20)3)23-9-7-8-21(29)16-23/h7-16H,6H2,1-5H3/b25-15-. The van der Waals surface area contributed by atoms with Crippen LogP contribution < -0.4 is 9.64 Å². The Labute approximate surface area is 210 Å². The number of aromatic nitrogens is 1. The highest BCUT2D eigenvalue weighted by Crippen LogP contribution is 2.37. The van der Waals surface area contributed by atoms with E-state index < -0.39 is 5.97 Å². The summed E-state index contributed by atoms with van der Waals surface area (Å²) in [6.45, 7) is 8.16. The molecule has 2 heterocycles. The largest absolute Gasteiger partial charge is 0.494 e. The van der Waals surface area contributed by atoms with Gasteiger partial charge in [0.15, 0.2) is 0 Å². The second kappa shape index (κ2) is 9.84. The molecule has 0 bridgehead atoms. The van der Waals surface area contributed by atoms with E-state index in [1.54, 1.807) is 37.3 Å². The molecule has 0 unspecified atom stereocenters. The third-order valence-electron chi connectivity index (χ3n) is 6.03. The second-order valence-electron chi connectivity index (χ2n) is 8.22. The first-order valence-electron chi connectivity index (χ1n) is 11.3. The van der Waals surface area contributed by atoms with Gasteiger partial charge < -0.3 is 14.0 Å². The zero-order valence-electron chi connectivity index (χ0n) is 20.4. The molecule has 180 valence electrons.